The van der Waals surface area contributed by atoms with Crippen LogP contribution in [0.15, 0.2) is 243 Å². The van der Waals surface area contributed by atoms with E-state index < -0.39 is 0 Å². The van der Waals surface area contributed by atoms with Gasteiger partial charge in [0.25, 0.3) is 0 Å². The molecule has 0 unspecified atom stereocenters. The molecular formula is C63H40N4. The predicted molar refractivity (Wildman–Crippen MR) is 275 cm³/mol. The molecule has 0 fully saturated rings. The summed E-state index contributed by atoms with van der Waals surface area (Å²) in [7, 11) is 0. The van der Waals surface area contributed by atoms with E-state index in [0.29, 0.717) is 17.5 Å². The monoisotopic (exact) mass is 852 g/mol. The molecule has 12 aromatic rings. The predicted octanol–water partition coefficient (Wildman–Crippen LogP) is 15.9. The van der Waals surface area contributed by atoms with E-state index in [1.54, 1.807) is 0 Å². The van der Waals surface area contributed by atoms with Gasteiger partial charge in [-0.15, -0.1) is 0 Å². The maximum atomic E-state index is 5.20. The third kappa shape index (κ3) is 7.71. The molecule has 12 rings (SSSR count). The minimum atomic E-state index is 0.597. The van der Waals surface area contributed by atoms with Gasteiger partial charge in [0.1, 0.15) is 0 Å². The standard InChI is InChI=1S/C63H40N4/c1-3-15-43(16-4-1)49-19-11-21-51(39-49)45-31-35-47(36-32-45)61-64-62(66-63(65-61)55-25-14-26-56(42-55)67-59-29-9-7-27-57(59)58-28-8-10-30-60(58)67)48-37-33-46(34-38-48)52-22-13-24-54(41-52)53-23-12-20-50(40-53)44-17-5-2-6-18-44/h1-12,14-23,25-42H. The molecule has 2 heterocycles. The molecule has 2 aromatic heterocycles. The zero-order chi connectivity index (χ0) is 44.5. The summed E-state index contributed by atoms with van der Waals surface area (Å²) in [6, 6.07) is 91.7. The van der Waals surface area contributed by atoms with Crippen molar-refractivity contribution in [2.75, 3.05) is 0 Å². The topological polar surface area (TPSA) is 43.6 Å². The number of hydrogen-bond donors (Lipinski definition) is 0. The molecule has 10 aromatic carbocycles. The lowest BCUT2D eigenvalue weighted by atomic mass is 9.97. The SMILES string of the molecule is c1cc(-c2ccc(-c3nc(-c4ccc(-c5cccc(-c6ccccc6)c5)cc4)nc(-c4cccc(-n5c6ccccc6c6ccccc65)c4)n3)cc2)cc(-c2cccc(-c3ccccc3)c2)c#1. The number of fused-ring (bicyclic) bond motifs is 3. The minimum Gasteiger partial charge on any atom is -0.309 e. The van der Waals surface area contributed by atoms with Gasteiger partial charge in [0, 0.05) is 38.7 Å². The van der Waals surface area contributed by atoms with Gasteiger partial charge in [-0.25, -0.2) is 15.0 Å². The molecule has 0 radical (unpaired) electrons. The average Bonchev–Trinajstić information content (AvgIpc) is 3.76. The maximum Gasteiger partial charge on any atom is 0.164 e. The van der Waals surface area contributed by atoms with Crippen molar-refractivity contribution in [1.82, 2.24) is 19.5 Å². The zero-order valence-electron chi connectivity index (χ0n) is 36.4. The van der Waals surface area contributed by atoms with Crippen LogP contribution in [0.3, 0.4) is 0 Å². The van der Waals surface area contributed by atoms with Crippen molar-refractivity contribution in [2.45, 2.75) is 0 Å². The molecule has 0 saturated carbocycles. The second-order valence-corrected chi connectivity index (χ2v) is 16.7. The summed E-state index contributed by atoms with van der Waals surface area (Å²) in [5.41, 5.74) is 17.2. The van der Waals surface area contributed by atoms with Crippen LogP contribution < -0.4 is 0 Å². The molecule has 0 aliphatic heterocycles. The van der Waals surface area contributed by atoms with Gasteiger partial charge in [0.15, 0.2) is 17.5 Å². The highest BCUT2D eigenvalue weighted by atomic mass is 15.0. The summed E-state index contributed by atoms with van der Waals surface area (Å²) < 4.78 is 2.32. The lowest BCUT2D eigenvalue weighted by Crippen LogP contribution is -2.01. The maximum absolute atomic E-state index is 5.20. The van der Waals surface area contributed by atoms with Gasteiger partial charge in [-0.05, 0) is 98.6 Å². The normalized spacial score (nSPS) is 11.2. The molecule has 0 saturated heterocycles. The van der Waals surface area contributed by atoms with E-state index in [4.69, 9.17) is 15.0 Å². The van der Waals surface area contributed by atoms with Crippen LogP contribution in [0.2, 0.25) is 0 Å². The number of para-hydroxylation sites is 2. The fraction of sp³-hybridized carbons (Fsp3) is 0. The van der Waals surface area contributed by atoms with Crippen LogP contribution in [0, 0.1) is 12.1 Å². The summed E-state index contributed by atoms with van der Waals surface area (Å²) >= 11 is 0. The first-order valence-corrected chi connectivity index (χ1v) is 22.5. The Balaban J connectivity index is 0.922. The van der Waals surface area contributed by atoms with Gasteiger partial charge in [0.05, 0.1) is 11.0 Å². The largest absolute Gasteiger partial charge is 0.309 e. The first kappa shape index (κ1) is 39.4. The van der Waals surface area contributed by atoms with Crippen molar-refractivity contribution in [3.8, 4) is 95.5 Å². The van der Waals surface area contributed by atoms with E-state index in [0.717, 1.165) is 66.8 Å². The molecule has 4 nitrogen and oxygen atoms in total. The number of hydrogen-bond acceptors (Lipinski definition) is 3. The van der Waals surface area contributed by atoms with Crippen LogP contribution in [-0.4, -0.2) is 19.5 Å². The molecule has 0 spiro atoms. The molecular weight excluding hydrogens is 813 g/mol. The van der Waals surface area contributed by atoms with Crippen LogP contribution in [0.5, 0.6) is 0 Å². The molecule has 0 bridgehead atoms. The summed E-state index contributed by atoms with van der Waals surface area (Å²) in [6.45, 7) is 0. The van der Waals surface area contributed by atoms with Crippen LogP contribution in [-0.2, 0) is 0 Å². The Hall–Kier alpha value is -9.17. The third-order valence-electron chi connectivity index (χ3n) is 12.5. The van der Waals surface area contributed by atoms with Gasteiger partial charge in [0.2, 0.25) is 0 Å². The average molecular weight is 853 g/mol. The van der Waals surface area contributed by atoms with Crippen molar-refractivity contribution in [3.05, 3.63) is 255 Å². The van der Waals surface area contributed by atoms with E-state index >= 15 is 0 Å². The molecule has 4 heteroatoms. The molecule has 0 atom stereocenters. The minimum absolute atomic E-state index is 0.597. The Morgan fingerprint density at radius 3 is 1.25 bits per heavy atom. The van der Waals surface area contributed by atoms with Crippen LogP contribution >= 0.6 is 0 Å². The lowest BCUT2D eigenvalue weighted by Gasteiger charge is -2.12. The summed E-state index contributed by atoms with van der Waals surface area (Å²) in [4.78, 5) is 15.6. The first-order chi connectivity index (χ1) is 33.2. The van der Waals surface area contributed by atoms with Crippen LogP contribution in [0.4, 0.5) is 0 Å². The fourth-order valence-electron chi connectivity index (χ4n) is 9.12. The van der Waals surface area contributed by atoms with Gasteiger partial charge < -0.3 is 4.57 Å². The van der Waals surface area contributed by atoms with Crippen molar-refractivity contribution in [2.24, 2.45) is 0 Å². The number of benzene rings is 9. The molecule has 0 amide bonds. The van der Waals surface area contributed by atoms with Gasteiger partial charge in [-0.3, -0.25) is 0 Å². The highest BCUT2D eigenvalue weighted by Gasteiger charge is 2.16. The Morgan fingerprint density at radius 2 is 0.687 bits per heavy atom. The molecule has 312 valence electrons. The summed E-state index contributed by atoms with van der Waals surface area (Å²) in [6.07, 6.45) is 0. The Morgan fingerprint density at radius 1 is 0.284 bits per heavy atom. The molecule has 0 N–H and O–H groups in total. The quantitative estimate of drug-likeness (QED) is 0.145. The first-order valence-electron chi connectivity index (χ1n) is 22.5. The lowest BCUT2D eigenvalue weighted by molar-refractivity contribution is 1.07. The van der Waals surface area contributed by atoms with E-state index in [-0.39, 0.29) is 0 Å². The van der Waals surface area contributed by atoms with Crippen molar-refractivity contribution >= 4 is 21.8 Å². The van der Waals surface area contributed by atoms with E-state index in [2.05, 4.69) is 241 Å². The second kappa shape index (κ2) is 17.1. The van der Waals surface area contributed by atoms with Crippen molar-refractivity contribution < 1.29 is 0 Å². The second-order valence-electron chi connectivity index (χ2n) is 16.7. The summed E-state index contributed by atoms with van der Waals surface area (Å²) in [5, 5.41) is 2.43. The van der Waals surface area contributed by atoms with Gasteiger partial charge in [-0.1, -0.05) is 206 Å². The van der Waals surface area contributed by atoms with Crippen molar-refractivity contribution in [3.63, 3.8) is 0 Å². The zero-order valence-corrected chi connectivity index (χ0v) is 36.4. The number of nitrogens with zero attached hydrogens (tertiary/aromatic N) is 4. The van der Waals surface area contributed by atoms with E-state index in [1.807, 2.05) is 18.2 Å². The smallest absolute Gasteiger partial charge is 0.164 e. The van der Waals surface area contributed by atoms with Crippen LogP contribution in [0.25, 0.3) is 117 Å². The van der Waals surface area contributed by atoms with Crippen molar-refractivity contribution in [1.29, 1.82) is 0 Å². The molecule has 0 aliphatic rings. The highest BCUT2D eigenvalue weighted by Crippen LogP contribution is 2.35. The molecule has 67 heavy (non-hydrogen) atoms. The van der Waals surface area contributed by atoms with Gasteiger partial charge in [-0.2, -0.15) is 0 Å². The van der Waals surface area contributed by atoms with Crippen LogP contribution in [0.1, 0.15) is 0 Å². The van der Waals surface area contributed by atoms with E-state index in [9.17, 15) is 0 Å². The number of rotatable bonds is 9. The number of aromatic nitrogens is 4. The van der Waals surface area contributed by atoms with Gasteiger partial charge >= 0.3 is 0 Å². The summed E-state index contributed by atoms with van der Waals surface area (Å²) in [5.74, 6) is 1.80. The molecule has 0 aliphatic carbocycles. The van der Waals surface area contributed by atoms with E-state index in [1.165, 1.54) is 33.0 Å². The third-order valence-corrected chi connectivity index (χ3v) is 12.5. The Kier molecular flexibility index (Phi) is 10.1. The Bertz CT molecular complexity index is 3670. The fourth-order valence-corrected chi connectivity index (χ4v) is 9.12. The highest BCUT2D eigenvalue weighted by molar-refractivity contribution is 6.09. The Labute approximate surface area is 389 Å².